The van der Waals surface area contributed by atoms with E-state index >= 15 is 0 Å². The molecule has 1 aliphatic heterocycles. The predicted molar refractivity (Wildman–Crippen MR) is 110 cm³/mol. The number of nitrogens with zero attached hydrogens (tertiary/aromatic N) is 8. The summed E-state index contributed by atoms with van der Waals surface area (Å²) in [5.74, 6) is -2.67. The van der Waals surface area contributed by atoms with Gasteiger partial charge < -0.3 is 5.73 Å². The highest BCUT2D eigenvalue weighted by Crippen LogP contribution is 2.30. The number of aromatic nitrogens is 7. The number of alkyl halides is 2. The van der Waals surface area contributed by atoms with Crippen LogP contribution in [-0.4, -0.2) is 40.7 Å². The standard InChI is InChI=1S/C21H17F2N9/c1-12-13(8-24)3-2-4-16(12)17-6-18(27-20(25)26-17)19-10-31(30-28-19)9-14-5-15-7-21(22,23)11-32(15)29-14/h2-6,10H,7,9,11H2,1H3,(H2,25,26,27). The molecule has 2 N–H and O–H groups in total. The molecular weight excluding hydrogens is 416 g/mol. The van der Waals surface area contributed by atoms with Crippen molar-refractivity contribution in [2.75, 3.05) is 5.73 Å². The lowest BCUT2D eigenvalue weighted by Crippen LogP contribution is -2.18. The molecule has 160 valence electrons. The Hall–Kier alpha value is -4.20. The molecule has 1 aromatic carbocycles. The highest BCUT2D eigenvalue weighted by atomic mass is 19.3. The van der Waals surface area contributed by atoms with E-state index in [1.807, 2.05) is 13.0 Å². The van der Waals surface area contributed by atoms with E-state index in [9.17, 15) is 14.0 Å². The molecule has 3 aromatic heterocycles. The second-order valence-corrected chi connectivity index (χ2v) is 7.71. The third-order valence-electron chi connectivity index (χ3n) is 5.33. The number of rotatable bonds is 4. The van der Waals surface area contributed by atoms with Crippen molar-refractivity contribution in [2.24, 2.45) is 0 Å². The van der Waals surface area contributed by atoms with Crippen LogP contribution in [0.4, 0.5) is 14.7 Å². The summed E-state index contributed by atoms with van der Waals surface area (Å²) in [4.78, 5) is 8.57. The van der Waals surface area contributed by atoms with Gasteiger partial charge >= 0.3 is 0 Å². The Balaban J connectivity index is 1.42. The highest BCUT2D eigenvalue weighted by molar-refractivity contribution is 5.71. The Bertz CT molecular complexity index is 1350. The molecule has 4 heterocycles. The van der Waals surface area contributed by atoms with Crippen molar-refractivity contribution in [2.45, 2.75) is 32.4 Å². The van der Waals surface area contributed by atoms with E-state index in [1.165, 1.54) is 4.68 Å². The van der Waals surface area contributed by atoms with Gasteiger partial charge in [-0.15, -0.1) is 5.10 Å². The zero-order valence-electron chi connectivity index (χ0n) is 17.0. The normalized spacial score (nSPS) is 14.3. The fourth-order valence-electron chi connectivity index (χ4n) is 3.84. The second-order valence-electron chi connectivity index (χ2n) is 7.71. The lowest BCUT2D eigenvalue weighted by molar-refractivity contribution is 0.000862. The quantitative estimate of drug-likeness (QED) is 0.524. The van der Waals surface area contributed by atoms with Gasteiger partial charge in [-0.3, -0.25) is 4.68 Å². The molecule has 0 spiro atoms. The third-order valence-corrected chi connectivity index (χ3v) is 5.33. The Kier molecular flexibility index (Phi) is 4.44. The second kappa shape index (κ2) is 7.19. The Morgan fingerprint density at radius 2 is 2.00 bits per heavy atom. The number of hydrogen-bond donors (Lipinski definition) is 1. The van der Waals surface area contributed by atoms with Crippen LogP contribution in [-0.2, 0) is 19.5 Å². The minimum absolute atomic E-state index is 0.0697. The summed E-state index contributed by atoms with van der Waals surface area (Å²) in [5.41, 5.74) is 10.7. The van der Waals surface area contributed by atoms with Crippen molar-refractivity contribution in [1.82, 2.24) is 34.7 Å². The van der Waals surface area contributed by atoms with E-state index < -0.39 is 12.5 Å². The first-order chi connectivity index (χ1) is 15.3. The summed E-state index contributed by atoms with van der Waals surface area (Å²) in [7, 11) is 0. The molecule has 9 nitrogen and oxygen atoms in total. The van der Waals surface area contributed by atoms with Crippen LogP contribution in [0.3, 0.4) is 0 Å². The minimum atomic E-state index is -2.74. The van der Waals surface area contributed by atoms with Gasteiger partial charge in [0.2, 0.25) is 5.95 Å². The summed E-state index contributed by atoms with van der Waals surface area (Å²) in [6.07, 6.45) is 1.38. The Morgan fingerprint density at radius 3 is 2.78 bits per heavy atom. The molecule has 5 rings (SSSR count). The lowest BCUT2D eigenvalue weighted by atomic mass is 10.00. The van der Waals surface area contributed by atoms with Gasteiger partial charge in [0.1, 0.15) is 12.2 Å². The van der Waals surface area contributed by atoms with Crippen LogP contribution in [0.1, 0.15) is 22.5 Å². The van der Waals surface area contributed by atoms with Crippen LogP contribution in [0, 0.1) is 18.3 Å². The smallest absolute Gasteiger partial charge is 0.272 e. The van der Waals surface area contributed by atoms with Gasteiger partial charge in [0.15, 0.2) is 0 Å². The number of fused-ring (bicyclic) bond motifs is 1. The molecule has 0 fully saturated rings. The van der Waals surface area contributed by atoms with Gasteiger partial charge in [-0.25, -0.2) is 23.4 Å². The maximum Gasteiger partial charge on any atom is 0.272 e. The highest BCUT2D eigenvalue weighted by Gasteiger charge is 2.38. The van der Waals surface area contributed by atoms with Crippen LogP contribution in [0.25, 0.3) is 22.6 Å². The predicted octanol–water partition coefficient (Wildman–Crippen LogP) is 2.60. The average molecular weight is 433 g/mol. The van der Waals surface area contributed by atoms with Crippen LogP contribution < -0.4 is 5.73 Å². The minimum Gasteiger partial charge on any atom is -0.368 e. The number of hydrogen-bond acceptors (Lipinski definition) is 7. The van der Waals surface area contributed by atoms with E-state index in [0.717, 1.165) is 11.1 Å². The average Bonchev–Trinajstić information content (AvgIpc) is 3.41. The molecule has 0 unspecified atom stereocenters. The van der Waals surface area contributed by atoms with Gasteiger partial charge in [0, 0.05) is 11.3 Å². The van der Waals surface area contributed by atoms with Gasteiger partial charge in [-0.1, -0.05) is 17.3 Å². The largest absolute Gasteiger partial charge is 0.368 e. The van der Waals surface area contributed by atoms with E-state index in [4.69, 9.17) is 5.73 Å². The fourth-order valence-corrected chi connectivity index (χ4v) is 3.84. The molecule has 0 aliphatic carbocycles. The van der Waals surface area contributed by atoms with Crippen molar-refractivity contribution in [3.63, 3.8) is 0 Å². The topological polar surface area (TPSA) is 124 Å². The van der Waals surface area contributed by atoms with Gasteiger partial charge in [-0.2, -0.15) is 10.4 Å². The summed E-state index contributed by atoms with van der Waals surface area (Å²) in [6.45, 7) is 1.73. The van der Waals surface area contributed by atoms with E-state index in [-0.39, 0.29) is 18.9 Å². The number of benzene rings is 1. The zero-order chi connectivity index (χ0) is 22.5. The van der Waals surface area contributed by atoms with Crippen molar-refractivity contribution in [1.29, 1.82) is 5.26 Å². The molecule has 4 aromatic rings. The van der Waals surface area contributed by atoms with Crippen molar-refractivity contribution in [3.8, 4) is 28.7 Å². The first-order valence-electron chi connectivity index (χ1n) is 9.80. The maximum absolute atomic E-state index is 13.4. The lowest BCUT2D eigenvalue weighted by Gasteiger charge is -2.08. The third kappa shape index (κ3) is 3.56. The fraction of sp³-hybridized carbons (Fsp3) is 0.238. The van der Waals surface area contributed by atoms with Gasteiger partial charge in [0.05, 0.1) is 47.9 Å². The number of halogens is 2. The molecule has 32 heavy (non-hydrogen) atoms. The number of nitrogens with two attached hydrogens (primary N) is 1. The van der Waals surface area contributed by atoms with Crippen LogP contribution >= 0.6 is 0 Å². The first kappa shape index (κ1) is 19.7. The van der Waals surface area contributed by atoms with E-state index in [1.54, 1.807) is 35.1 Å². The Morgan fingerprint density at radius 1 is 1.19 bits per heavy atom. The van der Waals surface area contributed by atoms with Crippen LogP contribution in [0.5, 0.6) is 0 Å². The number of anilines is 1. The molecule has 0 saturated carbocycles. The zero-order valence-corrected chi connectivity index (χ0v) is 17.0. The summed E-state index contributed by atoms with van der Waals surface area (Å²) in [5, 5.41) is 21.8. The van der Waals surface area contributed by atoms with Crippen LogP contribution in [0.2, 0.25) is 0 Å². The molecule has 0 amide bonds. The molecule has 0 radical (unpaired) electrons. The van der Waals surface area contributed by atoms with Gasteiger partial charge in [0.25, 0.3) is 5.92 Å². The summed E-state index contributed by atoms with van der Waals surface area (Å²) in [6, 6.07) is 10.9. The monoisotopic (exact) mass is 433 g/mol. The number of nitriles is 1. The first-order valence-corrected chi connectivity index (χ1v) is 9.80. The van der Waals surface area contributed by atoms with E-state index in [2.05, 4.69) is 31.4 Å². The molecular formula is C21H17F2N9. The van der Waals surface area contributed by atoms with Crippen molar-refractivity contribution >= 4 is 5.95 Å². The summed E-state index contributed by atoms with van der Waals surface area (Å²) < 4.78 is 29.8. The van der Waals surface area contributed by atoms with Crippen molar-refractivity contribution in [3.05, 3.63) is 59.0 Å². The maximum atomic E-state index is 13.4. The molecule has 1 aliphatic rings. The molecule has 0 saturated heterocycles. The van der Waals surface area contributed by atoms with Crippen LogP contribution in [0.15, 0.2) is 36.5 Å². The van der Waals surface area contributed by atoms with Crippen molar-refractivity contribution < 1.29 is 8.78 Å². The van der Waals surface area contributed by atoms with E-state index in [0.29, 0.717) is 34.0 Å². The SMILES string of the molecule is Cc1c(C#N)cccc1-c1cc(-c2cn(Cc3cc4n(n3)CC(F)(F)C4)nn2)nc(N)n1. The summed E-state index contributed by atoms with van der Waals surface area (Å²) >= 11 is 0. The number of nitrogen functional groups attached to an aromatic ring is 1. The molecule has 11 heteroatoms. The Labute approximate surface area is 181 Å². The molecule has 0 bridgehead atoms. The molecule has 0 atom stereocenters. The van der Waals surface area contributed by atoms with Gasteiger partial charge in [-0.05, 0) is 30.7 Å².